The Morgan fingerprint density at radius 1 is 1.42 bits per heavy atom. The van der Waals surface area contributed by atoms with E-state index in [2.05, 4.69) is 15.0 Å². The minimum absolute atomic E-state index is 0.0247. The molecule has 0 saturated carbocycles. The lowest BCUT2D eigenvalue weighted by atomic mass is 10.2. The van der Waals surface area contributed by atoms with Crippen molar-refractivity contribution in [2.24, 2.45) is 4.99 Å². The molecule has 1 aliphatic rings. The van der Waals surface area contributed by atoms with Crippen LogP contribution < -0.4 is 0 Å². The Labute approximate surface area is 138 Å². The molecule has 0 saturated heterocycles. The maximum atomic E-state index is 12.4. The average molecular weight is 330 g/mol. The SMILES string of the molecule is C[C@H]1OC(c2ccccc2O)=NC1C(=O)N(O)CCc1cnc[nH]1. The summed E-state index contributed by atoms with van der Waals surface area (Å²) in [5.41, 5.74) is 1.23. The second-order valence-electron chi connectivity index (χ2n) is 5.51. The summed E-state index contributed by atoms with van der Waals surface area (Å²) in [7, 11) is 0. The molecule has 126 valence electrons. The third-order valence-electron chi connectivity index (χ3n) is 3.79. The summed E-state index contributed by atoms with van der Waals surface area (Å²) in [6.45, 7) is 1.81. The number of aromatic nitrogens is 2. The molecule has 1 aliphatic heterocycles. The molecule has 8 heteroatoms. The Kier molecular flexibility index (Phi) is 4.48. The van der Waals surface area contributed by atoms with Crippen molar-refractivity contribution in [1.82, 2.24) is 15.0 Å². The smallest absolute Gasteiger partial charge is 0.274 e. The number of nitrogens with one attached hydrogen (secondary N) is 1. The molecule has 0 spiro atoms. The number of aromatic hydroxyl groups is 1. The van der Waals surface area contributed by atoms with Gasteiger partial charge < -0.3 is 14.8 Å². The minimum Gasteiger partial charge on any atom is -0.507 e. The number of aliphatic imine (C=N–C) groups is 1. The lowest BCUT2D eigenvalue weighted by Gasteiger charge is -2.19. The molecule has 24 heavy (non-hydrogen) atoms. The van der Waals surface area contributed by atoms with Crippen LogP contribution in [-0.4, -0.2) is 55.8 Å². The molecule has 1 aromatic carbocycles. The van der Waals surface area contributed by atoms with Crippen LogP contribution in [0.2, 0.25) is 0 Å². The Morgan fingerprint density at radius 3 is 2.92 bits per heavy atom. The molecule has 1 amide bonds. The first-order valence-electron chi connectivity index (χ1n) is 7.56. The molecule has 0 radical (unpaired) electrons. The summed E-state index contributed by atoms with van der Waals surface area (Å²) in [4.78, 5) is 23.4. The van der Waals surface area contributed by atoms with Gasteiger partial charge in [-0.15, -0.1) is 0 Å². The van der Waals surface area contributed by atoms with Gasteiger partial charge in [-0.25, -0.2) is 15.0 Å². The van der Waals surface area contributed by atoms with Crippen molar-refractivity contribution in [3.63, 3.8) is 0 Å². The van der Waals surface area contributed by atoms with Crippen molar-refractivity contribution in [2.75, 3.05) is 6.54 Å². The molecule has 1 unspecified atom stereocenters. The Bertz CT molecular complexity index is 744. The molecule has 0 bridgehead atoms. The first-order chi connectivity index (χ1) is 11.6. The van der Waals surface area contributed by atoms with Gasteiger partial charge in [-0.05, 0) is 19.1 Å². The Hall–Kier alpha value is -2.87. The van der Waals surface area contributed by atoms with Gasteiger partial charge in [-0.3, -0.25) is 10.0 Å². The van der Waals surface area contributed by atoms with E-state index in [0.29, 0.717) is 17.0 Å². The van der Waals surface area contributed by atoms with Crippen LogP contribution >= 0.6 is 0 Å². The predicted octanol–water partition coefficient (Wildman–Crippen LogP) is 1.11. The number of benzene rings is 1. The Balaban J connectivity index is 1.69. The highest BCUT2D eigenvalue weighted by molar-refractivity contribution is 6.00. The fraction of sp³-hybridized carbons (Fsp3) is 0.312. The molecule has 2 heterocycles. The van der Waals surface area contributed by atoms with E-state index in [1.807, 2.05) is 0 Å². The molecular formula is C16H18N4O4. The van der Waals surface area contributed by atoms with E-state index in [0.717, 1.165) is 5.69 Å². The average Bonchev–Trinajstić information content (AvgIpc) is 3.22. The van der Waals surface area contributed by atoms with Crippen molar-refractivity contribution < 1.29 is 19.8 Å². The number of hydrogen-bond donors (Lipinski definition) is 3. The van der Waals surface area contributed by atoms with Gasteiger partial charge in [-0.2, -0.15) is 0 Å². The topological polar surface area (TPSA) is 111 Å². The van der Waals surface area contributed by atoms with Crippen LogP contribution in [0.3, 0.4) is 0 Å². The molecule has 3 N–H and O–H groups in total. The molecule has 2 aromatic rings. The Morgan fingerprint density at radius 2 is 2.21 bits per heavy atom. The van der Waals surface area contributed by atoms with Gasteiger partial charge in [0.2, 0.25) is 5.90 Å². The summed E-state index contributed by atoms with van der Waals surface area (Å²) in [6.07, 6.45) is 3.08. The minimum atomic E-state index is -0.855. The van der Waals surface area contributed by atoms with Crippen LogP contribution in [0.5, 0.6) is 5.75 Å². The maximum absolute atomic E-state index is 12.4. The summed E-state index contributed by atoms with van der Waals surface area (Å²) < 4.78 is 5.58. The normalized spacial score (nSPS) is 19.7. The van der Waals surface area contributed by atoms with Crippen LogP contribution in [0.15, 0.2) is 41.8 Å². The van der Waals surface area contributed by atoms with Crippen LogP contribution in [0, 0.1) is 0 Å². The molecule has 1 aromatic heterocycles. The van der Waals surface area contributed by atoms with Crippen molar-refractivity contribution >= 4 is 11.8 Å². The number of rotatable bonds is 5. The van der Waals surface area contributed by atoms with E-state index < -0.39 is 18.1 Å². The summed E-state index contributed by atoms with van der Waals surface area (Å²) in [5.74, 6) is -0.329. The molecule has 3 rings (SSSR count). The van der Waals surface area contributed by atoms with Gasteiger partial charge >= 0.3 is 0 Å². The first kappa shape index (κ1) is 16.0. The van der Waals surface area contributed by atoms with E-state index >= 15 is 0 Å². The van der Waals surface area contributed by atoms with Crippen molar-refractivity contribution in [3.05, 3.63) is 48.0 Å². The van der Waals surface area contributed by atoms with E-state index in [1.165, 1.54) is 12.4 Å². The zero-order valence-electron chi connectivity index (χ0n) is 13.1. The molecule has 0 aliphatic carbocycles. The van der Waals surface area contributed by atoms with Crippen LogP contribution in [0.25, 0.3) is 0 Å². The second-order valence-corrected chi connectivity index (χ2v) is 5.51. The quantitative estimate of drug-likeness (QED) is 0.562. The number of nitrogens with zero attached hydrogens (tertiary/aromatic N) is 3. The number of H-pyrrole nitrogens is 1. The van der Waals surface area contributed by atoms with Crippen molar-refractivity contribution in [2.45, 2.75) is 25.5 Å². The van der Waals surface area contributed by atoms with E-state index in [4.69, 9.17) is 4.74 Å². The number of phenolic OH excluding ortho intramolecular Hbond substituents is 1. The monoisotopic (exact) mass is 330 g/mol. The largest absolute Gasteiger partial charge is 0.507 e. The summed E-state index contributed by atoms with van der Waals surface area (Å²) >= 11 is 0. The lowest BCUT2D eigenvalue weighted by Crippen LogP contribution is -2.41. The zero-order chi connectivity index (χ0) is 17.1. The van der Waals surface area contributed by atoms with E-state index in [1.54, 1.807) is 31.3 Å². The van der Waals surface area contributed by atoms with Crippen molar-refractivity contribution in [1.29, 1.82) is 0 Å². The first-order valence-corrected chi connectivity index (χ1v) is 7.56. The third-order valence-corrected chi connectivity index (χ3v) is 3.79. The number of imidazole rings is 1. The number of ether oxygens (including phenoxy) is 1. The van der Waals surface area contributed by atoms with E-state index in [9.17, 15) is 15.1 Å². The fourth-order valence-electron chi connectivity index (χ4n) is 2.46. The van der Waals surface area contributed by atoms with E-state index in [-0.39, 0.29) is 18.2 Å². The standard InChI is InChI=1S/C16H18N4O4/c1-10-14(16(22)20(23)7-6-11-8-17-9-18-11)19-15(24-10)12-4-2-3-5-13(12)21/h2-5,8-10,14,21,23H,6-7H2,1H3,(H,17,18)/t10-,14?/m1/s1. The summed E-state index contributed by atoms with van der Waals surface area (Å²) in [5, 5.41) is 20.5. The summed E-state index contributed by atoms with van der Waals surface area (Å²) in [6, 6.07) is 5.74. The molecular weight excluding hydrogens is 312 g/mol. The molecule has 0 fully saturated rings. The van der Waals surface area contributed by atoms with Crippen molar-refractivity contribution in [3.8, 4) is 5.75 Å². The second kappa shape index (κ2) is 6.71. The number of phenols is 1. The van der Waals surface area contributed by atoms with Gasteiger partial charge in [0, 0.05) is 18.3 Å². The highest BCUT2D eigenvalue weighted by atomic mass is 16.5. The molecule has 8 nitrogen and oxygen atoms in total. The number of aromatic amines is 1. The van der Waals surface area contributed by atoms with Crippen LogP contribution in [0.1, 0.15) is 18.2 Å². The van der Waals surface area contributed by atoms with Crippen LogP contribution in [0.4, 0.5) is 0 Å². The maximum Gasteiger partial charge on any atom is 0.274 e. The third kappa shape index (κ3) is 3.23. The van der Waals surface area contributed by atoms with Gasteiger partial charge in [0.25, 0.3) is 5.91 Å². The highest BCUT2D eigenvalue weighted by Gasteiger charge is 2.36. The van der Waals surface area contributed by atoms with Gasteiger partial charge in [0.15, 0.2) is 6.04 Å². The fourth-order valence-corrected chi connectivity index (χ4v) is 2.46. The lowest BCUT2D eigenvalue weighted by molar-refractivity contribution is -0.168. The number of carbonyl (C=O) groups excluding carboxylic acids is 1. The highest BCUT2D eigenvalue weighted by Crippen LogP contribution is 2.24. The van der Waals surface area contributed by atoms with Gasteiger partial charge in [-0.1, -0.05) is 12.1 Å². The predicted molar refractivity (Wildman–Crippen MR) is 84.8 cm³/mol. The van der Waals surface area contributed by atoms with Crippen LogP contribution in [-0.2, 0) is 16.0 Å². The van der Waals surface area contributed by atoms with Gasteiger partial charge in [0.05, 0.1) is 18.4 Å². The molecule has 2 atom stereocenters. The number of carbonyl (C=O) groups is 1. The number of hydroxylamine groups is 2. The van der Waals surface area contributed by atoms with Gasteiger partial charge in [0.1, 0.15) is 11.9 Å². The number of para-hydroxylation sites is 1. The number of amides is 1. The number of hydrogen-bond acceptors (Lipinski definition) is 6. The zero-order valence-corrected chi connectivity index (χ0v) is 13.1.